The molecule has 0 bridgehead atoms. The molecule has 0 radical (unpaired) electrons. The number of hydrogen-bond donors (Lipinski definition) is 2. The number of benzene rings is 2. The number of nitrogens with one attached hydrogen (secondary N) is 2. The van der Waals surface area contributed by atoms with E-state index in [4.69, 9.17) is 9.47 Å². The molecule has 0 amide bonds. The van der Waals surface area contributed by atoms with E-state index in [1.807, 2.05) is 0 Å². The molecule has 0 saturated carbocycles. The molecule has 3 aromatic rings. The highest BCUT2D eigenvalue weighted by atomic mass is 16.7. The van der Waals surface area contributed by atoms with Gasteiger partial charge in [0.15, 0.2) is 17.2 Å². The monoisotopic (exact) mass is 353 g/mol. The molecule has 10 heteroatoms. The molecule has 1 aromatic heterocycles. The lowest BCUT2D eigenvalue weighted by Crippen LogP contribution is -1.96. The van der Waals surface area contributed by atoms with Gasteiger partial charge in [0.25, 0.3) is 11.2 Å². The third-order valence-electron chi connectivity index (χ3n) is 3.72. The molecule has 2 N–H and O–H groups in total. The van der Waals surface area contributed by atoms with E-state index in [9.17, 15) is 14.9 Å². The fourth-order valence-electron chi connectivity index (χ4n) is 2.49. The molecule has 2 aromatic carbocycles. The first-order valence-electron chi connectivity index (χ1n) is 7.49. The number of nitro groups is 1. The van der Waals surface area contributed by atoms with E-state index in [1.54, 1.807) is 24.3 Å². The van der Waals surface area contributed by atoms with Crippen LogP contribution in [0.1, 0.15) is 0 Å². The Morgan fingerprint density at radius 1 is 1.04 bits per heavy atom. The smallest absolute Gasteiger partial charge is 0.292 e. The molecule has 0 spiro atoms. The number of fused-ring (bicyclic) bond motifs is 1. The van der Waals surface area contributed by atoms with Crippen LogP contribution in [0.4, 0.5) is 17.1 Å². The van der Waals surface area contributed by atoms with Gasteiger partial charge in [0.1, 0.15) is 0 Å². The number of non-ortho nitro benzene ring substituents is 1. The van der Waals surface area contributed by atoms with E-state index in [1.165, 1.54) is 18.2 Å². The van der Waals surface area contributed by atoms with E-state index in [-0.39, 0.29) is 18.2 Å². The molecule has 130 valence electrons. The van der Waals surface area contributed by atoms with Crippen LogP contribution in [0.15, 0.2) is 57.5 Å². The van der Waals surface area contributed by atoms with Gasteiger partial charge in [0.2, 0.25) is 6.79 Å². The number of nitro benzene ring substituents is 1. The van der Waals surface area contributed by atoms with Gasteiger partial charge in [0.05, 0.1) is 16.3 Å². The summed E-state index contributed by atoms with van der Waals surface area (Å²) in [4.78, 5) is 22.4. The molecule has 0 aliphatic carbocycles. The minimum absolute atomic E-state index is 0.0168. The van der Waals surface area contributed by atoms with Crippen molar-refractivity contribution in [3.05, 3.63) is 62.9 Å². The van der Waals surface area contributed by atoms with E-state index >= 15 is 0 Å². The summed E-state index contributed by atoms with van der Waals surface area (Å²) in [5.74, 6) is 1.16. The Bertz CT molecular complexity index is 1080. The molecule has 10 nitrogen and oxygen atoms in total. The topological polar surface area (TPSA) is 135 Å². The van der Waals surface area contributed by atoms with Gasteiger partial charge >= 0.3 is 0 Å². The first kappa shape index (κ1) is 15.6. The number of hydrogen-bond acceptors (Lipinski definition) is 7. The largest absolute Gasteiger partial charge is 0.454 e. The van der Waals surface area contributed by atoms with Crippen molar-refractivity contribution in [3.63, 3.8) is 0 Å². The minimum atomic E-state index is -0.512. The van der Waals surface area contributed by atoms with Crippen molar-refractivity contribution in [3.8, 4) is 22.8 Å². The third kappa shape index (κ3) is 2.79. The predicted molar refractivity (Wildman–Crippen MR) is 90.2 cm³/mol. The highest BCUT2D eigenvalue weighted by Gasteiger charge is 2.16. The number of aromatic amines is 2. The zero-order valence-corrected chi connectivity index (χ0v) is 13.1. The van der Waals surface area contributed by atoms with Gasteiger partial charge in [-0.1, -0.05) is 12.1 Å². The van der Waals surface area contributed by atoms with Crippen LogP contribution in [0.3, 0.4) is 0 Å². The molecule has 1 aliphatic rings. The number of rotatable bonds is 4. The summed E-state index contributed by atoms with van der Waals surface area (Å²) in [6.07, 6.45) is 0. The van der Waals surface area contributed by atoms with Gasteiger partial charge in [-0.25, -0.2) is 0 Å². The lowest BCUT2D eigenvalue weighted by atomic mass is 10.1. The van der Waals surface area contributed by atoms with Crippen LogP contribution in [-0.2, 0) is 0 Å². The lowest BCUT2D eigenvalue weighted by Gasteiger charge is -1.99. The average Bonchev–Trinajstić information content (AvgIpc) is 3.26. The van der Waals surface area contributed by atoms with E-state index in [0.717, 1.165) is 0 Å². The number of H-pyrrole nitrogens is 2. The molecule has 0 saturated heterocycles. The standard InChI is InChI=1S/C16H11N5O5/c22-16-15(19-17-10-4-5-12-13(7-10)26-8-25-12)14(18-20-16)9-2-1-3-11(6-9)21(23)24/h1-7H,8H2,(H2,18,20,22). The van der Waals surface area contributed by atoms with Crippen molar-refractivity contribution in [1.29, 1.82) is 0 Å². The molecule has 0 unspecified atom stereocenters. The van der Waals surface area contributed by atoms with Crippen LogP contribution >= 0.6 is 0 Å². The van der Waals surface area contributed by atoms with Crippen molar-refractivity contribution in [2.24, 2.45) is 10.2 Å². The average molecular weight is 353 g/mol. The first-order valence-corrected chi connectivity index (χ1v) is 7.49. The van der Waals surface area contributed by atoms with Crippen molar-refractivity contribution < 1.29 is 14.4 Å². The zero-order valence-electron chi connectivity index (χ0n) is 13.1. The molecule has 0 fully saturated rings. The second kappa shape index (κ2) is 6.16. The van der Waals surface area contributed by atoms with Gasteiger partial charge in [-0.3, -0.25) is 25.1 Å². The Kier molecular flexibility index (Phi) is 3.69. The number of ether oxygens (including phenoxy) is 2. The molecule has 2 heterocycles. The van der Waals surface area contributed by atoms with Crippen LogP contribution in [0.5, 0.6) is 11.5 Å². The Balaban J connectivity index is 1.70. The van der Waals surface area contributed by atoms with Gasteiger partial charge in [-0.2, -0.15) is 5.11 Å². The number of azo groups is 1. The van der Waals surface area contributed by atoms with Gasteiger partial charge in [-0.05, 0) is 12.1 Å². The maximum atomic E-state index is 12.0. The van der Waals surface area contributed by atoms with Crippen LogP contribution in [0.25, 0.3) is 11.3 Å². The molecule has 0 atom stereocenters. The molecular formula is C16H11N5O5. The van der Waals surface area contributed by atoms with Crippen LogP contribution < -0.4 is 15.0 Å². The Labute approximate surface area is 145 Å². The van der Waals surface area contributed by atoms with E-state index < -0.39 is 10.5 Å². The summed E-state index contributed by atoms with van der Waals surface area (Å²) in [5.41, 5.74) is 0.655. The molecule has 1 aliphatic heterocycles. The van der Waals surface area contributed by atoms with Gasteiger partial charge < -0.3 is 9.47 Å². The Morgan fingerprint density at radius 3 is 2.73 bits per heavy atom. The number of nitrogens with zero attached hydrogens (tertiary/aromatic N) is 3. The predicted octanol–water partition coefficient (Wildman–Crippen LogP) is 3.42. The summed E-state index contributed by atoms with van der Waals surface area (Å²) < 4.78 is 10.5. The van der Waals surface area contributed by atoms with Crippen molar-refractivity contribution in [2.45, 2.75) is 0 Å². The van der Waals surface area contributed by atoms with Crippen LogP contribution in [-0.4, -0.2) is 21.9 Å². The zero-order chi connectivity index (χ0) is 18.1. The fraction of sp³-hybridized carbons (Fsp3) is 0.0625. The minimum Gasteiger partial charge on any atom is -0.454 e. The van der Waals surface area contributed by atoms with Crippen LogP contribution in [0.2, 0.25) is 0 Å². The van der Waals surface area contributed by atoms with Crippen molar-refractivity contribution >= 4 is 17.1 Å². The second-order valence-electron chi connectivity index (χ2n) is 5.35. The third-order valence-corrected chi connectivity index (χ3v) is 3.72. The maximum absolute atomic E-state index is 12.0. The number of aromatic nitrogens is 2. The summed E-state index contributed by atoms with van der Waals surface area (Å²) in [7, 11) is 0. The fourth-order valence-corrected chi connectivity index (χ4v) is 2.49. The summed E-state index contributed by atoms with van der Waals surface area (Å²) in [5, 5.41) is 24.1. The van der Waals surface area contributed by atoms with Gasteiger partial charge in [0, 0.05) is 23.8 Å². The van der Waals surface area contributed by atoms with Crippen molar-refractivity contribution in [1.82, 2.24) is 10.2 Å². The summed E-state index contributed by atoms with van der Waals surface area (Å²) in [6, 6.07) is 10.9. The summed E-state index contributed by atoms with van der Waals surface area (Å²) in [6.45, 7) is 0.143. The van der Waals surface area contributed by atoms with Crippen molar-refractivity contribution in [2.75, 3.05) is 6.79 Å². The highest BCUT2D eigenvalue weighted by molar-refractivity contribution is 5.72. The highest BCUT2D eigenvalue weighted by Crippen LogP contribution is 2.36. The normalized spacial score (nSPS) is 12.6. The SMILES string of the molecule is O=c1[nH][nH]c(-c2cccc([N+](=O)[O-])c2)c1N=Nc1ccc2c(c1)OCO2. The first-order chi connectivity index (χ1) is 12.6. The molecule has 4 rings (SSSR count). The Hall–Kier alpha value is -3.95. The second-order valence-corrected chi connectivity index (χ2v) is 5.35. The molecular weight excluding hydrogens is 342 g/mol. The van der Waals surface area contributed by atoms with E-state index in [0.29, 0.717) is 28.4 Å². The summed E-state index contributed by atoms with van der Waals surface area (Å²) >= 11 is 0. The molecule has 26 heavy (non-hydrogen) atoms. The maximum Gasteiger partial charge on any atom is 0.292 e. The lowest BCUT2D eigenvalue weighted by molar-refractivity contribution is -0.384. The van der Waals surface area contributed by atoms with E-state index in [2.05, 4.69) is 20.4 Å². The van der Waals surface area contributed by atoms with Gasteiger partial charge in [-0.15, -0.1) is 5.11 Å². The quantitative estimate of drug-likeness (QED) is 0.421. The van der Waals surface area contributed by atoms with Crippen LogP contribution in [0, 0.1) is 10.1 Å². The Morgan fingerprint density at radius 2 is 1.88 bits per heavy atom.